The SMILES string of the molecule is O=C(Oc1cccc(/C=C2\SC(=O)N(Cc3cccc(Cl)c3)C2=O)c1)c1ccc(Cl)cc1. The van der Waals surface area contributed by atoms with Crippen LogP contribution in [-0.4, -0.2) is 22.0 Å². The van der Waals surface area contributed by atoms with E-state index in [9.17, 15) is 14.4 Å². The third-order valence-corrected chi connectivity index (χ3v) is 5.94. The molecule has 0 spiro atoms. The standard InChI is InChI=1S/C24H15Cl2NO4S/c25-18-9-7-17(8-10-18)23(29)31-20-6-2-3-15(12-20)13-21-22(28)27(24(30)32-21)14-16-4-1-5-19(26)11-16/h1-13H,14H2/b21-13-. The van der Waals surface area contributed by atoms with Gasteiger partial charge in [0.2, 0.25) is 0 Å². The number of hydrogen-bond donors (Lipinski definition) is 0. The van der Waals surface area contributed by atoms with Crippen LogP contribution in [-0.2, 0) is 11.3 Å². The van der Waals surface area contributed by atoms with Crippen LogP contribution in [0, 0.1) is 0 Å². The quantitative estimate of drug-likeness (QED) is 0.237. The summed E-state index contributed by atoms with van der Waals surface area (Å²) in [4.78, 5) is 38.9. The molecule has 1 aliphatic heterocycles. The molecule has 0 unspecified atom stereocenters. The number of nitrogens with zero attached hydrogens (tertiary/aromatic N) is 1. The first-order chi connectivity index (χ1) is 15.4. The molecule has 0 radical (unpaired) electrons. The fraction of sp³-hybridized carbons (Fsp3) is 0.0417. The summed E-state index contributed by atoms with van der Waals surface area (Å²) >= 11 is 12.7. The van der Waals surface area contributed by atoms with Gasteiger partial charge in [-0.25, -0.2) is 4.79 Å². The number of imide groups is 1. The molecule has 160 valence electrons. The number of halogens is 2. The third-order valence-electron chi connectivity index (χ3n) is 4.55. The highest BCUT2D eigenvalue weighted by atomic mass is 35.5. The van der Waals surface area contributed by atoms with Gasteiger partial charge in [0.1, 0.15) is 5.75 Å². The van der Waals surface area contributed by atoms with Gasteiger partial charge in [-0.1, -0.05) is 47.5 Å². The Balaban J connectivity index is 1.49. The predicted octanol–water partition coefficient (Wildman–Crippen LogP) is 6.45. The molecule has 1 aliphatic rings. The number of carbonyl (C=O) groups is 3. The van der Waals surface area contributed by atoms with Crippen LogP contribution in [0.5, 0.6) is 5.75 Å². The number of carbonyl (C=O) groups excluding carboxylic acids is 3. The Kier molecular flexibility index (Phi) is 6.65. The van der Waals surface area contributed by atoms with Crippen molar-refractivity contribution in [2.75, 3.05) is 0 Å². The highest BCUT2D eigenvalue weighted by molar-refractivity contribution is 8.18. The molecule has 0 bridgehead atoms. The molecule has 0 aliphatic carbocycles. The first kappa shape index (κ1) is 22.1. The molecule has 1 saturated heterocycles. The van der Waals surface area contributed by atoms with Crippen LogP contribution in [0.4, 0.5) is 4.79 Å². The smallest absolute Gasteiger partial charge is 0.343 e. The molecule has 1 fully saturated rings. The summed E-state index contributed by atoms with van der Waals surface area (Å²) in [5.41, 5.74) is 1.75. The molecule has 3 aromatic carbocycles. The van der Waals surface area contributed by atoms with Crippen molar-refractivity contribution in [2.45, 2.75) is 6.54 Å². The maximum Gasteiger partial charge on any atom is 0.343 e. The van der Waals surface area contributed by atoms with Crippen molar-refractivity contribution < 1.29 is 19.1 Å². The van der Waals surface area contributed by atoms with E-state index in [4.69, 9.17) is 27.9 Å². The van der Waals surface area contributed by atoms with E-state index in [2.05, 4.69) is 0 Å². The maximum atomic E-state index is 12.8. The lowest BCUT2D eigenvalue weighted by Gasteiger charge is -2.12. The zero-order valence-corrected chi connectivity index (χ0v) is 18.8. The summed E-state index contributed by atoms with van der Waals surface area (Å²) in [6, 6.07) is 20.1. The lowest BCUT2D eigenvalue weighted by molar-refractivity contribution is -0.123. The fourth-order valence-corrected chi connectivity index (χ4v) is 4.20. The molecule has 3 aromatic rings. The first-order valence-corrected chi connectivity index (χ1v) is 11.0. The topological polar surface area (TPSA) is 63.7 Å². The molecular weight excluding hydrogens is 469 g/mol. The van der Waals surface area contributed by atoms with Crippen molar-refractivity contribution in [1.82, 2.24) is 4.90 Å². The summed E-state index contributed by atoms with van der Waals surface area (Å²) < 4.78 is 5.41. The van der Waals surface area contributed by atoms with Crippen molar-refractivity contribution in [3.63, 3.8) is 0 Å². The van der Waals surface area contributed by atoms with Gasteiger partial charge in [0.25, 0.3) is 11.1 Å². The molecule has 32 heavy (non-hydrogen) atoms. The van der Waals surface area contributed by atoms with E-state index in [0.717, 1.165) is 17.3 Å². The van der Waals surface area contributed by atoms with Crippen LogP contribution >= 0.6 is 35.0 Å². The average Bonchev–Trinajstić information content (AvgIpc) is 3.02. The summed E-state index contributed by atoms with van der Waals surface area (Å²) in [6.07, 6.45) is 1.60. The maximum absolute atomic E-state index is 12.8. The van der Waals surface area contributed by atoms with Gasteiger partial charge in [0.05, 0.1) is 17.0 Å². The average molecular weight is 484 g/mol. The van der Waals surface area contributed by atoms with Crippen LogP contribution in [0.25, 0.3) is 6.08 Å². The van der Waals surface area contributed by atoms with E-state index in [1.165, 1.54) is 4.90 Å². The Morgan fingerprint density at radius 2 is 1.69 bits per heavy atom. The number of thioether (sulfide) groups is 1. The third kappa shape index (κ3) is 5.22. The van der Waals surface area contributed by atoms with Crippen molar-refractivity contribution >= 4 is 58.2 Å². The number of ether oxygens (including phenoxy) is 1. The second kappa shape index (κ2) is 9.61. The van der Waals surface area contributed by atoms with Gasteiger partial charge in [-0.05, 0) is 77.5 Å². The first-order valence-electron chi connectivity index (χ1n) is 9.47. The van der Waals surface area contributed by atoms with Crippen molar-refractivity contribution in [3.8, 4) is 5.75 Å². The Morgan fingerprint density at radius 1 is 0.938 bits per heavy atom. The Bertz CT molecular complexity index is 1240. The van der Waals surface area contributed by atoms with Gasteiger partial charge in [-0.3, -0.25) is 14.5 Å². The van der Waals surface area contributed by atoms with Gasteiger partial charge in [0, 0.05) is 10.0 Å². The van der Waals surface area contributed by atoms with Gasteiger partial charge in [-0.2, -0.15) is 0 Å². The molecule has 5 nitrogen and oxygen atoms in total. The van der Waals surface area contributed by atoms with Crippen LogP contribution in [0.15, 0.2) is 77.7 Å². The second-order valence-corrected chi connectivity index (χ2v) is 8.73. The Morgan fingerprint density at radius 3 is 2.44 bits per heavy atom. The molecular formula is C24H15Cl2NO4S. The fourth-order valence-electron chi connectivity index (χ4n) is 3.03. The van der Waals surface area contributed by atoms with E-state index in [0.29, 0.717) is 31.8 Å². The van der Waals surface area contributed by atoms with E-state index in [1.54, 1.807) is 78.9 Å². The van der Waals surface area contributed by atoms with Crippen LogP contribution in [0.1, 0.15) is 21.5 Å². The molecule has 4 rings (SSSR count). The number of benzene rings is 3. The Labute approximate surface area is 198 Å². The summed E-state index contributed by atoms with van der Waals surface area (Å²) in [5, 5.41) is 0.703. The van der Waals surface area contributed by atoms with Crippen molar-refractivity contribution in [3.05, 3.63) is 104 Å². The molecule has 2 amide bonds. The number of amides is 2. The summed E-state index contributed by atoms with van der Waals surface area (Å²) in [6.45, 7) is 0.140. The van der Waals surface area contributed by atoms with Gasteiger partial charge < -0.3 is 4.74 Å². The number of hydrogen-bond acceptors (Lipinski definition) is 5. The van der Waals surface area contributed by atoms with Crippen LogP contribution in [0.2, 0.25) is 10.0 Å². The summed E-state index contributed by atoms with van der Waals surface area (Å²) in [7, 11) is 0. The molecule has 0 atom stereocenters. The van der Waals surface area contributed by atoms with Crippen molar-refractivity contribution in [1.29, 1.82) is 0 Å². The van der Waals surface area contributed by atoms with Gasteiger partial charge >= 0.3 is 5.97 Å². The van der Waals surface area contributed by atoms with Gasteiger partial charge in [0.15, 0.2) is 0 Å². The number of esters is 1. The van der Waals surface area contributed by atoms with Gasteiger partial charge in [-0.15, -0.1) is 0 Å². The second-order valence-electron chi connectivity index (χ2n) is 6.87. The largest absolute Gasteiger partial charge is 0.423 e. The molecule has 8 heteroatoms. The molecule has 0 aromatic heterocycles. The minimum Gasteiger partial charge on any atom is -0.423 e. The van der Waals surface area contributed by atoms with Crippen LogP contribution < -0.4 is 4.74 Å². The molecule has 0 saturated carbocycles. The van der Waals surface area contributed by atoms with E-state index in [-0.39, 0.29) is 17.7 Å². The zero-order chi connectivity index (χ0) is 22.7. The van der Waals surface area contributed by atoms with E-state index < -0.39 is 5.97 Å². The Hall–Kier alpha value is -3.06. The minimum absolute atomic E-state index is 0.140. The number of rotatable bonds is 5. The van der Waals surface area contributed by atoms with E-state index >= 15 is 0 Å². The minimum atomic E-state index is -0.527. The van der Waals surface area contributed by atoms with E-state index in [1.807, 2.05) is 0 Å². The lowest BCUT2D eigenvalue weighted by Crippen LogP contribution is -2.27. The summed E-state index contributed by atoms with van der Waals surface area (Å²) in [5.74, 6) is -0.596. The normalized spacial score (nSPS) is 14.8. The van der Waals surface area contributed by atoms with Crippen LogP contribution in [0.3, 0.4) is 0 Å². The zero-order valence-electron chi connectivity index (χ0n) is 16.5. The monoisotopic (exact) mass is 483 g/mol. The predicted molar refractivity (Wildman–Crippen MR) is 126 cm³/mol. The highest BCUT2D eigenvalue weighted by Gasteiger charge is 2.35. The molecule has 0 N–H and O–H groups in total. The molecule has 1 heterocycles. The van der Waals surface area contributed by atoms with Crippen molar-refractivity contribution in [2.24, 2.45) is 0 Å². The highest BCUT2D eigenvalue weighted by Crippen LogP contribution is 2.34. The lowest BCUT2D eigenvalue weighted by atomic mass is 10.2.